The first kappa shape index (κ1) is 37.5. The van der Waals surface area contributed by atoms with Crippen LogP contribution in [0.4, 0.5) is 19.0 Å². The molecule has 4 heterocycles. The summed E-state index contributed by atoms with van der Waals surface area (Å²) in [6, 6.07) is 5.26. The molecule has 55 heavy (non-hydrogen) atoms. The molecule has 11 nitrogen and oxygen atoms in total. The van der Waals surface area contributed by atoms with Crippen LogP contribution in [-0.4, -0.2) is 114 Å². The van der Waals surface area contributed by atoms with Gasteiger partial charge < -0.3 is 34.1 Å². The zero-order valence-electron chi connectivity index (χ0n) is 31.3. The molecule has 4 aromatic rings. The van der Waals surface area contributed by atoms with Crippen molar-refractivity contribution in [3.8, 4) is 41.2 Å². The minimum absolute atomic E-state index is 0.0288. The molecule has 0 bridgehead atoms. The van der Waals surface area contributed by atoms with Crippen LogP contribution < -0.4 is 14.4 Å². The second-order valence-corrected chi connectivity index (χ2v) is 16.0. The first-order valence-corrected chi connectivity index (χ1v) is 18.9. The number of ether oxygens (including phenoxy) is 4. The van der Waals surface area contributed by atoms with E-state index in [-0.39, 0.29) is 102 Å². The fraction of sp³-hybridized carbons (Fsp3) is 0.537. The number of phenolic OH excluding ortho intramolecular Hbond substituents is 1. The minimum Gasteiger partial charge on any atom is -0.508 e. The molecule has 2 aromatic heterocycles. The molecule has 4 atom stereocenters. The Balaban J connectivity index is 1.24. The van der Waals surface area contributed by atoms with Gasteiger partial charge in [-0.1, -0.05) is 18.4 Å². The number of hydrogen-bond acceptors (Lipinski definition) is 11. The van der Waals surface area contributed by atoms with Gasteiger partial charge >= 0.3 is 6.01 Å². The molecule has 2 aromatic carbocycles. The van der Waals surface area contributed by atoms with E-state index >= 15 is 13.2 Å². The molecule has 0 spiro atoms. The Kier molecular flexibility index (Phi) is 9.94. The van der Waals surface area contributed by atoms with Gasteiger partial charge in [-0.25, -0.2) is 18.2 Å². The summed E-state index contributed by atoms with van der Waals surface area (Å²) in [5, 5.41) is 22.5. The maximum atomic E-state index is 17.3. The van der Waals surface area contributed by atoms with Crippen LogP contribution in [0.3, 0.4) is 0 Å². The van der Waals surface area contributed by atoms with Crippen molar-refractivity contribution in [3.63, 3.8) is 0 Å². The summed E-state index contributed by atoms with van der Waals surface area (Å²) in [5.41, 5.74) is -2.39. The van der Waals surface area contributed by atoms with E-state index in [4.69, 9.17) is 30.4 Å². The number of aromatic hydroxyl groups is 1. The topological polar surface area (TPSA) is 123 Å². The lowest BCUT2D eigenvalue weighted by molar-refractivity contribution is -0.0656. The van der Waals surface area contributed by atoms with Crippen molar-refractivity contribution in [2.24, 2.45) is 11.3 Å². The summed E-state index contributed by atoms with van der Waals surface area (Å²) in [6.07, 6.45) is 9.84. The predicted molar refractivity (Wildman–Crippen MR) is 200 cm³/mol. The minimum atomic E-state index is -1.29. The highest BCUT2D eigenvalue weighted by atomic mass is 19.1. The number of fused-ring (bicyclic) bond motifs is 3. The van der Waals surface area contributed by atoms with Gasteiger partial charge in [-0.3, -0.25) is 4.90 Å². The molecule has 2 saturated heterocycles. The molecule has 4 aliphatic rings. The highest BCUT2D eigenvalue weighted by Gasteiger charge is 2.52. The van der Waals surface area contributed by atoms with E-state index < -0.39 is 28.8 Å². The van der Waals surface area contributed by atoms with Crippen LogP contribution in [0.2, 0.25) is 0 Å². The van der Waals surface area contributed by atoms with Crippen LogP contribution in [0.15, 0.2) is 24.3 Å². The summed E-state index contributed by atoms with van der Waals surface area (Å²) in [4.78, 5) is 18.0. The van der Waals surface area contributed by atoms with E-state index in [1.807, 2.05) is 0 Å². The number of aromatic nitrogens is 3. The van der Waals surface area contributed by atoms with Gasteiger partial charge in [0.2, 0.25) is 5.88 Å². The third-order valence-electron chi connectivity index (χ3n) is 12.0. The highest BCUT2D eigenvalue weighted by Crippen LogP contribution is 2.50. The molecular weight excluding hydrogens is 715 g/mol. The van der Waals surface area contributed by atoms with Crippen LogP contribution >= 0.6 is 0 Å². The number of phenols is 1. The number of pyridine rings is 1. The van der Waals surface area contributed by atoms with Gasteiger partial charge in [0.05, 0.1) is 45.1 Å². The van der Waals surface area contributed by atoms with Gasteiger partial charge in [-0.15, -0.1) is 6.42 Å². The van der Waals surface area contributed by atoms with Crippen molar-refractivity contribution in [1.82, 2.24) is 19.9 Å². The standard InChI is InChI=1S/C41H46F3N5O6/c1-5-28-30(43)9-8-24-15-26(50)16-29(32(24)28)35-34(44)36-33(38(45-35)53-4)37(48-11-12-54-21-40(2,51)20-48)47-39(46-36)55-22-41-10-6-7-31(41)49(19-25(42)17-41)18-23-13-27(14-23)52-3/h1,8-9,15-16,23,25,27,31,50-51H,6-7,10-14,17-22H2,2-4H3. The SMILES string of the molecule is C#Cc1c(F)ccc2cc(O)cc(-c3nc(OC)c4c(N5CCOCC(C)(O)C5)nc(OCC56CCCC5N(CC5CC(OC)C5)CC(F)C6)nc4c3F)c12. The van der Waals surface area contributed by atoms with E-state index in [0.717, 1.165) is 38.6 Å². The molecule has 8 rings (SSSR count). The first-order chi connectivity index (χ1) is 26.4. The van der Waals surface area contributed by atoms with Crippen LogP contribution in [-0.2, 0) is 9.47 Å². The molecule has 0 amide bonds. The van der Waals surface area contributed by atoms with Crippen molar-refractivity contribution in [2.45, 2.75) is 69.4 Å². The largest absolute Gasteiger partial charge is 0.508 e. The Morgan fingerprint density at radius 3 is 2.71 bits per heavy atom. The lowest BCUT2D eigenvalue weighted by atomic mass is 9.73. The van der Waals surface area contributed by atoms with E-state index in [2.05, 4.69) is 20.8 Å². The lowest BCUT2D eigenvalue weighted by Crippen LogP contribution is -2.57. The lowest BCUT2D eigenvalue weighted by Gasteiger charge is -2.49. The molecule has 2 N–H and O–H groups in total. The number of aliphatic hydroxyl groups is 1. The van der Waals surface area contributed by atoms with Gasteiger partial charge in [0.25, 0.3) is 0 Å². The Hall–Kier alpha value is -4.42. The van der Waals surface area contributed by atoms with Crippen molar-refractivity contribution in [2.75, 3.05) is 65.1 Å². The average molecular weight is 762 g/mol. The molecule has 4 fully saturated rings. The van der Waals surface area contributed by atoms with Gasteiger partial charge in [0, 0.05) is 49.2 Å². The third kappa shape index (κ3) is 6.90. The van der Waals surface area contributed by atoms with Crippen molar-refractivity contribution in [3.05, 3.63) is 41.5 Å². The molecule has 14 heteroatoms. The summed E-state index contributed by atoms with van der Waals surface area (Å²) in [6.45, 7) is 3.60. The van der Waals surface area contributed by atoms with Crippen molar-refractivity contribution < 1.29 is 42.3 Å². The molecule has 292 valence electrons. The second-order valence-electron chi connectivity index (χ2n) is 16.0. The van der Waals surface area contributed by atoms with E-state index in [0.29, 0.717) is 24.3 Å². The summed E-state index contributed by atoms with van der Waals surface area (Å²) >= 11 is 0. The molecule has 2 aliphatic heterocycles. The fourth-order valence-corrected chi connectivity index (χ4v) is 9.46. The number of nitrogens with zero attached hydrogens (tertiary/aromatic N) is 5. The normalized spacial score (nSPS) is 28.4. The number of rotatable bonds is 9. The Labute approximate surface area is 317 Å². The molecule has 2 aliphatic carbocycles. The number of likely N-dealkylation sites (tertiary alicyclic amines) is 1. The number of piperidine rings is 1. The highest BCUT2D eigenvalue weighted by molar-refractivity contribution is 6.04. The number of hydrogen-bond donors (Lipinski definition) is 2. The van der Waals surface area contributed by atoms with Crippen molar-refractivity contribution >= 4 is 27.5 Å². The van der Waals surface area contributed by atoms with E-state index in [1.54, 1.807) is 18.9 Å². The molecule has 2 saturated carbocycles. The molecule has 0 radical (unpaired) electrons. The van der Waals surface area contributed by atoms with E-state index in [9.17, 15) is 10.2 Å². The van der Waals surface area contributed by atoms with Crippen molar-refractivity contribution in [1.29, 1.82) is 0 Å². The first-order valence-electron chi connectivity index (χ1n) is 18.9. The Bertz CT molecular complexity index is 2160. The van der Waals surface area contributed by atoms with Crippen LogP contribution in [0, 0.1) is 35.3 Å². The summed E-state index contributed by atoms with van der Waals surface area (Å²) < 4.78 is 71.4. The van der Waals surface area contributed by atoms with Crippen LogP contribution in [0.25, 0.3) is 32.9 Å². The van der Waals surface area contributed by atoms with E-state index in [1.165, 1.54) is 31.4 Å². The van der Waals surface area contributed by atoms with Gasteiger partial charge in [0.1, 0.15) is 45.8 Å². The quantitative estimate of drug-likeness (QED) is 0.202. The average Bonchev–Trinajstić information content (AvgIpc) is 3.48. The second kappa shape index (κ2) is 14.6. The number of anilines is 1. The maximum Gasteiger partial charge on any atom is 0.319 e. The Morgan fingerprint density at radius 1 is 1.13 bits per heavy atom. The monoisotopic (exact) mass is 761 g/mol. The number of terminal acetylenes is 1. The number of methoxy groups -OCH3 is 2. The fourth-order valence-electron chi connectivity index (χ4n) is 9.46. The predicted octanol–water partition coefficient (Wildman–Crippen LogP) is 5.79. The summed E-state index contributed by atoms with van der Waals surface area (Å²) in [7, 11) is 3.10. The zero-order chi connectivity index (χ0) is 38.6. The maximum absolute atomic E-state index is 17.3. The third-order valence-corrected chi connectivity index (χ3v) is 12.0. The summed E-state index contributed by atoms with van der Waals surface area (Å²) in [5.74, 6) is 1.12. The van der Waals surface area contributed by atoms with Gasteiger partial charge in [-0.05, 0) is 68.5 Å². The van der Waals surface area contributed by atoms with Crippen LogP contribution in [0.5, 0.6) is 17.6 Å². The zero-order valence-corrected chi connectivity index (χ0v) is 31.3. The van der Waals surface area contributed by atoms with Crippen LogP contribution in [0.1, 0.15) is 51.0 Å². The number of β-amino-alcohol motifs (C(OH)–C–C–N with tert-alkyl or cyclic N) is 1. The number of halogens is 3. The molecular formula is C41H46F3N5O6. The smallest absolute Gasteiger partial charge is 0.319 e. The van der Waals surface area contributed by atoms with Gasteiger partial charge in [0.15, 0.2) is 5.82 Å². The number of benzene rings is 2. The molecule has 4 unspecified atom stereocenters. The van der Waals surface area contributed by atoms with Gasteiger partial charge in [-0.2, -0.15) is 9.97 Å². The Morgan fingerprint density at radius 2 is 1.95 bits per heavy atom. The number of alkyl halides is 1.